The van der Waals surface area contributed by atoms with Crippen LogP contribution in [0.1, 0.15) is 77.0 Å². The molecule has 0 aromatic carbocycles. The SMILES string of the molecule is O=C(CCCS(=O)(=O)N1CCCC2CCCC=C21)N1CCCCCCC1. The molecule has 0 aromatic heterocycles. The van der Waals surface area contributed by atoms with Gasteiger partial charge in [0.25, 0.3) is 0 Å². The molecule has 2 fully saturated rings. The van der Waals surface area contributed by atoms with Crippen LogP contribution >= 0.6 is 0 Å². The molecule has 2 heterocycles. The number of piperidine rings is 1. The van der Waals surface area contributed by atoms with Gasteiger partial charge in [0.05, 0.1) is 5.75 Å². The van der Waals surface area contributed by atoms with E-state index < -0.39 is 10.0 Å². The van der Waals surface area contributed by atoms with Crippen LogP contribution in [-0.2, 0) is 14.8 Å². The molecule has 1 amide bonds. The Morgan fingerprint density at radius 2 is 1.65 bits per heavy atom. The second-order valence-corrected chi connectivity index (χ2v) is 10.1. The Morgan fingerprint density at radius 1 is 0.962 bits per heavy atom. The van der Waals surface area contributed by atoms with Gasteiger partial charge in [-0.2, -0.15) is 0 Å². The molecule has 3 aliphatic rings. The summed E-state index contributed by atoms with van der Waals surface area (Å²) >= 11 is 0. The maximum absolute atomic E-state index is 12.9. The molecule has 148 valence electrons. The first-order valence-electron chi connectivity index (χ1n) is 10.6. The van der Waals surface area contributed by atoms with Crippen LogP contribution in [0.4, 0.5) is 0 Å². The fourth-order valence-corrected chi connectivity index (χ4v) is 6.29. The van der Waals surface area contributed by atoms with Crippen LogP contribution < -0.4 is 0 Å². The van der Waals surface area contributed by atoms with Crippen LogP contribution in [0.15, 0.2) is 11.8 Å². The number of carbonyl (C=O) groups is 1. The highest BCUT2D eigenvalue weighted by molar-refractivity contribution is 7.89. The number of rotatable bonds is 5. The lowest BCUT2D eigenvalue weighted by Gasteiger charge is -2.38. The van der Waals surface area contributed by atoms with Crippen molar-refractivity contribution in [3.8, 4) is 0 Å². The van der Waals surface area contributed by atoms with E-state index in [1.54, 1.807) is 4.31 Å². The van der Waals surface area contributed by atoms with Crippen LogP contribution in [0.3, 0.4) is 0 Å². The summed E-state index contributed by atoms with van der Waals surface area (Å²) in [4.78, 5) is 14.4. The van der Waals surface area contributed by atoms with Gasteiger partial charge in [-0.3, -0.25) is 9.10 Å². The smallest absolute Gasteiger partial charge is 0.234 e. The van der Waals surface area contributed by atoms with E-state index in [0.717, 1.165) is 57.3 Å². The number of hydrogen-bond donors (Lipinski definition) is 0. The molecule has 26 heavy (non-hydrogen) atoms. The predicted octanol–water partition coefficient (Wildman–Crippen LogP) is 3.67. The summed E-state index contributed by atoms with van der Waals surface area (Å²) in [5.74, 6) is 0.654. The highest BCUT2D eigenvalue weighted by atomic mass is 32.2. The van der Waals surface area contributed by atoms with E-state index in [9.17, 15) is 13.2 Å². The molecule has 2 aliphatic heterocycles. The van der Waals surface area contributed by atoms with E-state index in [2.05, 4.69) is 6.08 Å². The first-order chi connectivity index (χ1) is 12.6. The lowest BCUT2D eigenvalue weighted by molar-refractivity contribution is -0.131. The van der Waals surface area contributed by atoms with Gasteiger partial charge < -0.3 is 4.90 Å². The largest absolute Gasteiger partial charge is 0.343 e. The van der Waals surface area contributed by atoms with Crippen molar-refractivity contribution in [2.45, 2.75) is 77.0 Å². The van der Waals surface area contributed by atoms with Crippen LogP contribution in [0.25, 0.3) is 0 Å². The Kier molecular flexibility index (Phi) is 7.01. The third-order valence-corrected chi connectivity index (χ3v) is 7.94. The summed E-state index contributed by atoms with van der Waals surface area (Å²) in [6, 6.07) is 0. The van der Waals surface area contributed by atoms with Gasteiger partial charge in [0.1, 0.15) is 0 Å². The zero-order chi connectivity index (χ0) is 18.4. The minimum atomic E-state index is -3.30. The molecular formula is C20H34N2O3S. The summed E-state index contributed by atoms with van der Waals surface area (Å²) in [6.45, 7) is 2.29. The van der Waals surface area contributed by atoms with Gasteiger partial charge in [-0.25, -0.2) is 8.42 Å². The van der Waals surface area contributed by atoms with Gasteiger partial charge in [0, 0.05) is 31.8 Å². The van der Waals surface area contributed by atoms with Crippen molar-refractivity contribution in [3.63, 3.8) is 0 Å². The van der Waals surface area contributed by atoms with E-state index >= 15 is 0 Å². The highest BCUT2D eigenvalue weighted by Gasteiger charge is 2.33. The number of allylic oxidation sites excluding steroid dienone is 2. The molecule has 0 N–H and O–H groups in total. The van der Waals surface area contributed by atoms with Crippen molar-refractivity contribution in [1.82, 2.24) is 9.21 Å². The molecule has 0 bridgehead atoms. The van der Waals surface area contributed by atoms with Gasteiger partial charge in [0.15, 0.2) is 0 Å². The summed E-state index contributed by atoms with van der Waals surface area (Å²) in [5, 5.41) is 0. The third kappa shape index (κ3) is 5.02. The van der Waals surface area contributed by atoms with Crippen LogP contribution in [-0.4, -0.2) is 48.9 Å². The quantitative estimate of drug-likeness (QED) is 0.729. The van der Waals surface area contributed by atoms with E-state index in [-0.39, 0.29) is 11.7 Å². The van der Waals surface area contributed by atoms with Gasteiger partial charge in [0.2, 0.25) is 15.9 Å². The molecule has 1 atom stereocenters. The van der Waals surface area contributed by atoms with Crippen LogP contribution in [0.2, 0.25) is 0 Å². The topological polar surface area (TPSA) is 57.7 Å². The third-order valence-electron chi connectivity index (χ3n) is 6.07. The zero-order valence-electron chi connectivity index (χ0n) is 16.0. The first-order valence-corrected chi connectivity index (χ1v) is 12.2. The van der Waals surface area contributed by atoms with E-state index in [1.165, 1.54) is 25.7 Å². The van der Waals surface area contributed by atoms with Crippen molar-refractivity contribution in [1.29, 1.82) is 0 Å². The Bertz CT molecular complexity index is 607. The predicted molar refractivity (Wildman–Crippen MR) is 104 cm³/mol. The number of nitrogens with zero attached hydrogens (tertiary/aromatic N) is 2. The molecule has 6 heteroatoms. The summed E-state index contributed by atoms with van der Waals surface area (Å²) in [6.07, 6.45) is 14.1. The number of likely N-dealkylation sites (tertiary alicyclic amines) is 1. The average molecular weight is 383 g/mol. The second kappa shape index (κ2) is 9.25. The summed E-state index contributed by atoms with van der Waals surface area (Å²) in [7, 11) is -3.30. The van der Waals surface area contributed by atoms with Crippen molar-refractivity contribution in [2.24, 2.45) is 5.92 Å². The monoisotopic (exact) mass is 382 g/mol. The molecule has 5 nitrogen and oxygen atoms in total. The molecular weight excluding hydrogens is 348 g/mol. The van der Waals surface area contributed by atoms with E-state index in [0.29, 0.717) is 25.3 Å². The minimum absolute atomic E-state index is 0.0939. The average Bonchev–Trinajstić information content (AvgIpc) is 2.60. The van der Waals surface area contributed by atoms with Crippen molar-refractivity contribution >= 4 is 15.9 Å². The number of sulfonamides is 1. The standard InChI is InChI=1S/C20H34N2O3S/c23-20(21-14-6-2-1-3-7-15-21)13-9-17-26(24,25)22-16-8-11-18-10-4-5-12-19(18)22/h12,18H,1-11,13-17H2. The molecule has 3 rings (SSSR count). The van der Waals surface area contributed by atoms with E-state index in [4.69, 9.17) is 0 Å². The summed E-state index contributed by atoms with van der Waals surface area (Å²) < 4.78 is 27.4. The highest BCUT2D eigenvalue weighted by Crippen LogP contribution is 2.36. The first kappa shape index (κ1) is 19.7. The van der Waals surface area contributed by atoms with Crippen molar-refractivity contribution in [3.05, 3.63) is 11.8 Å². The molecule has 1 aliphatic carbocycles. The lowest BCUT2D eigenvalue weighted by atomic mass is 9.86. The number of hydrogen-bond acceptors (Lipinski definition) is 3. The molecule has 0 aromatic rings. The van der Waals surface area contributed by atoms with E-state index in [1.807, 2.05) is 4.90 Å². The van der Waals surface area contributed by atoms with Crippen molar-refractivity contribution < 1.29 is 13.2 Å². The minimum Gasteiger partial charge on any atom is -0.343 e. The molecule has 0 spiro atoms. The molecule has 1 unspecified atom stereocenters. The van der Waals surface area contributed by atoms with Crippen molar-refractivity contribution in [2.75, 3.05) is 25.4 Å². The number of amides is 1. The Hall–Kier alpha value is -1.04. The normalized spacial score (nSPS) is 25.1. The van der Waals surface area contributed by atoms with Gasteiger partial charge in [-0.1, -0.05) is 25.3 Å². The molecule has 0 radical (unpaired) electrons. The van der Waals surface area contributed by atoms with Gasteiger partial charge in [-0.05, 0) is 57.3 Å². The fraction of sp³-hybridized carbons (Fsp3) is 0.850. The van der Waals surface area contributed by atoms with Gasteiger partial charge >= 0.3 is 0 Å². The number of fused-ring (bicyclic) bond motifs is 1. The number of carbonyl (C=O) groups excluding carboxylic acids is 1. The molecule has 0 saturated carbocycles. The zero-order valence-corrected chi connectivity index (χ0v) is 16.8. The van der Waals surface area contributed by atoms with Crippen LogP contribution in [0, 0.1) is 5.92 Å². The maximum atomic E-state index is 12.9. The second-order valence-electron chi connectivity index (χ2n) is 8.04. The Morgan fingerprint density at radius 3 is 2.42 bits per heavy atom. The van der Waals surface area contributed by atoms with Crippen LogP contribution in [0.5, 0.6) is 0 Å². The summed E-state index contributed by atoms with van der Waals surface area (Å²) in [5.41, 5.74) is 1.04. The maximum Gasteiger partial charge on any atom is 0.234 e. The fourth-order valence-electron chi connectivity index (χ4n) is 4.61. The van der Waals surface area contributed by atoms with Gasteiger partial charge in [-0.15, -0.1) is 0 Å². The lowest BCUT2D eigenvalue weighted by Crippen LogP contribution is -2.40. The molecule has 2 saturated heterocycles. The Labute approximate surface area is 158 Å². The Balaban J connectivity index is 1.51.